The lowest BCUT2D eigenvalue weighted by molar-refractivity contribution is -0.119. The molecule has 11 nitrogen and oxygen atoms in total. The van der Waals surface area contributed by atoms with Gasteiger partial charge in [-0.15, -0.1) is 0 Å². The number of oxazole rings is 1. The van der Waals surface area contributed by atoms with Crippen LogP contribution in [0.3, 0.4) is 0 Å². The first kappa shape index (κ1) is 28.8. The molecule has 43 heavy (non-hydrogen) atoms. The summed E-state index contributed by atoms with van der Waals surface area (Å²) in [5.41, 5.74) is 3.84. The van der Waals surface area contributed by atoms with Crippen LogP contribution in [0.25, 0.3) is 33.6 Å². The summed E-state index contributed by atoms with van der Waals surface area (Å²) in [6, 6.07) is 13.5. The second-order valence-corrected chi connectivity index (χ2v) is 11.5. The number of piperidine rings is 1. The summed E-state index contributed by atoms with van der Waals surface area (Å²) in [6.07, 6.45) is 5.55. The number of aliphatic hydroxyl groups is 1. The number of aryl methyl sites for hydroxylation is 1. The molecule has 0 saturated carbocycles. The van der Waals surface area contributed by atoms with Crippen molar-refractivity contribution in [3.63, 3.8) is 0 Å². The molecule has 2 N–H and O–H groups in total. The number of hydrogen-bond donors (Lipinski definition) is 2. The SMILES string of the molecule is CC(=O)NCc1ccc(-c2c3ncn(CC4(O)CCN(Cc5ccc(-c6cnco6)cc5Cl)CC4)c(=O)c3nn2C)cc1. The molecule has 12 heteroatoms. The van der Waals surface area contributed by atoms with Crippen LogP contribution in [0.5, 0.6) is 0 Å². The fourth-order valence-electron chi connectivity index (χ4n) is 5.57. The van der Waals surface area contributed by atoms with Crippen LogP contribution < -0.4 is 10.9 Å². The van der Waals surface area contributed by atoms with Crippen molar-refractivity contribution in [3.05, 3.63) is 87.9 Å². The van der Waals surface area contributed by atoms with Crippen LogP contribution in [0.15, 0.2) is 70.6 Å². The predicted octanol–water partition coefficient (Wildman–Crippen LogP) is 3.77. The average molecular weight is 602 g/mol. The molecule has 0 atom stereocenters. The van der Waals surface area contributed by atoms with E-state index in [4.69, 9.17) is 16.0 Å². The monoisotopic (exact) mass is 601 g/mol. The van der Waals surface area contributed by atoms with Gasteiger partial charge in [-0.3, -0.25) is 23.7 Å². The van der Waals surface area contributed by atoms with E-state index in [0.29, 0.717) is 55.3 Å². The third-order valence-electron chi connectivity index (χ3n) is 8.00. The largest absolute Gasteiger partial charge is 0.444 e. The number of benzene rings is 2. The van der Waals surface area contributed by atoms with E-state index in [-0.39, 0.29) is 23.5 Å². The van der Waals surface area contributed by atoms with Crippen LogP contribution >= 0.6 is 11.6 Å². The van der Waals surface area contributed by atoms with Gasteiger partial charge in [0.1, 0.15) is 5.52 Å². The van der Waals surface area contributed by atoms with E-state index in [2.05, 4.69) is 25.3 Å². The molecule has 1 aliphatic heterocycles. The van der Waals surface area contributed by atoms with Crippen LogP contribution in [0, 0.1) is 0 Å². The van der Waals surface area contributed by atoms with Gasteiger partial charge in [-0.25, -0.2) is 9.97 Å². The van der Waals surface area contributed by atoms with Crippen molar-refractivity contribution < 1.29 is 14.3 Å². The van der Waals surface area contributed by atoms with Crippen molar-refractivity contribution in [1.82, 2.24) is 34.5 Å². The number of amides is 1. The van der Waals surface area contributed by atoms with Crippen molar-refractivity contribution in [2.75, 3.05) is 13.1 Å². The molecule has 0 spiro atoms. The summed E-state index contributed by atoms with van der Waals surface area (Å²) in [5.74, 6) is 0.573. The van der Waals surface area contributed by atoms with Crippen molar-refractivity contribution in [2.45, 2.75) is 45.0 Å². The summed E-state index contributed by atoms with van der Waals surface area (Å²) in [5, 5.41) is 19.4. The number of rotatable bonds is 8. The number of fused-ring (bicyclic) bond motifs is 1. The predicted molar refractivity (Wildman–Crippen MR) is 162 cm³/mol. The zero-order chi connectivity index (χ0) is 30.1. The molecule has 4 heterocycles. The van der Waals surface area contributed by atoms with E-state index in [1.807, 2.05) is 42.5 Å². The van der Waals surface area contributed by atoms with Gasteiger partial charge in [-0.1, -0.05) is 48.0 Å². The molecule has 6 rings (SSSR count). The number of nitrogens with zero attached hydrogens (tertiary/aromatic N) is 6. The Labute approximate surface area is 252 Å². The fraction of sp³-hybridized carbons (Fsp3) is 0.323. The topological polar surface area (TPSA) is 131 Å². The Balaban J connectivity index is 1.13. The van der Waals surface area contributed by atoms with Gasteiger partial charge in [0.2, 0.25) is 5.91 Å². The summed E-state index contributed by atoms with van der Waals surface area (Å²) in [4.78, 5) is 35.5. The highest BCUT2D eigenvalue weighted by Gasteiger charge is 2.33. The van der Waals surface area contributed by atoms with Crippen molar-refractivity contribution in [3.8, 4) is 22.6 Å². The van der Waals surface area contributed by atoms with Gasteiger partial charge in [0, 0.05) is 56.3 Å². The molecule has 0 radical (unpaired) electrons. The van der Waals surface area contributed by atoms with Crippen LogP contribution in [0.2, 0.25) is 5.02 Å². The molecular weight excluding hydrogens is 570 g/mol. The Morgan fingerprint density at radius 1 is 1.12 bits per heavy atom. The maximum absolute atomic E-state index is 13.5. The molecule has 0 bridgehead atoms. The van der Waals surface area contributed by atoms with E-state index in [0.717, 1.165) is 27.9 Å². The van der Waals surface area contributed by atoms with Crippen molar-refractivity contribution >= 4 is 28.5 Å². The lowest BCUT2D eigenvalue weighted by Crippen LogP contribution is -2.47. The molecule has 1 amide bonds. The fourth-order valence-corrected chi connectivity index (χ4v) is 5.81. The van der Waals surface area contributed by atoms with E-state index in [1.54, 1.807) is 17.9 Å². The minimum Gasteiger partial charge on any atom is -0.444 e. The maximum Gasteiger partial charge on any atom is 0.281 e. The third-order valence-corrected chi connectivity index (χ3v) is 8.35. The van der Waals surface area contributed by atoms with E-state index < -0.39 is 5.60 Å². The Hall–Kier alpha value is -4.32. The Bertz CT molecular complexity index is 1820. The molecule has 1 saturated heterocycles. The lowest BCUT2D eigenvalue weighted by atomic mass is 9.91. The number of carbonyl (C=O) groups is 1. The van der Waals surface area contributed by atoms with Crippen LogP contribution in [0.1, 0.15) is 30.9 Å². The number of aromatic nitrogens is 5. The van der Waals surface area contributed by atoms with Crippen LogP contribution in [-0.2, 0) is 31.5 Å². The average Bonchev–Trinajstić information content (AvgIpc) is 3.65. The van der Waals surface area contributed by atoms with Gasteiger partial charge in [-0.05, 0) is 30.0 Å². The molecule has 222 valence electrons. The summed E-state index contributed by atoms with van der Waals surface area (Å²) in [6.45, 7) is 4.04. The second-order valence-electron chi connectivity index (χ2n) is 11.1. The molecule has 1 aliphatic rings. The molecular formula is C31H32ClN7O4. The maximum atomic E-state index is 13.5. The number of likely N-dealkylation sites (tertiary alicyclic amines) is 1. The second kappa shape index (κ2) is 11.8. The zero-order valence-corrected chi connectivity index (χ0v) is 24.7. The molecule has 0 unspecified atom stereocenters. The van der Waals surface area contributed by atoms with Crippen molar-refractivity contribution in [2.24, 2.45) is 7.05 Å². The summed E-state index contributed by atoms with van der Waals surface area (Å²) in [7, 11) is 1.78. The Morgan fingerprint density at radius 3 is 2.53 bits per heavy atom. The number of carbonyl (C=O) groups excluding carboxylic acids is 1. The molecule has 2 aromatic carbocycles. The smallest absolute Gasteiger partial charge is 0.281 e. The van der Waals surface area contributed by atoms with Crippen LogP contribution in [0.4, 0.5) is 0 Å². The molecule has 3 aromatic heterocycles. The van der Waals surface area contributed by atoms with E-state index in [9.17, 15) is 14.7 Å². The molecule has 5 aromatic rings. The highest BCUT2D eigenvalue weighted by Crippen LogP contribution is 2.30. The zero-order valence-electron chi connectivity index (χ0n) is 24.0. The quantitative estimate of drug-likeness (QED) is 0.275. The van der Waals surface area contributed by atoms with Gasteiger partial charge >= 0.3 is 0 Å². The minimum absolute atomic E-state index is 0.0895. The Kier molecular flexibility index (Phi) is 7.87. The summed E-state index contributed by atoms with van der Waals surface area (Å²) < 4.78 is 8.48. The van der Waals surface area contributed by atoms with E-state index in [1.165, 1.54) is 24.2 Å². The number of halogens is 1. The third kappa shape index (κ3) is 6.10. The Morgan fingerprint density at radius 2 is 1.86 bits per heavy atom. The lowest BCUT2D eigenvalue weighted by Gasteiger charge is -2.38. The highest BCUT2D eigenvalue weighted by atomic mass is 35.5. The normalized spacial score (nSPS) is 15.2. The molecule has 1 fully saturated rings. The number of hydrogen-bond acceptors (Lipinski definition) is 8. The summed E-state index contributed by atoms with van der Waals surface area (Å²) >= 11 is 6.57. The minimum atomic E-state index is -1.04. The first-order valence-electron chi connectivity index (χ1n) is 14.1. The first-order valence-corrected chi connectivity index (χ1v) is 14.4. The standard InChI is InChI=1S/C31H32ClN7O4/c1-20(40)34-14-21-3-5-22(6-4-21)29-27-28(36-37(29)2)30(41)39(18-35-27)17-31(42)9-11-38(12-10-31)16-24-8-7-23(13-25(24)32)26-15-33-19-43-26/h3-8,13,15,18-19,42H,9-12,14,16-17H2,1-2H3,(H,34,40). The highest BCUT2D eigenvalue weighted by molar-refractivity contribution is 6.31. The number of nitrogens with one attached hydrogen (secondary N) is 1. The van der Waals surface area contributed by atoms with Gasteiger partial charge in [0.25, 0.3) is 5.56 Å². The van der Waals surface area contributed by atoms with E-state index >= 15 is 0 Å². The van der Waals surface area contributed by atoms with Gasteiger partial charge < -0.3 is 14.8 Å². The van der Waals surface area contributed by atoms with Crippen molar-refractivity contribution in [1.29, 1.82) is 0 Å². The van der Waals surface area contributed by atoms with Gasteiger partial charge in [0.15, 0.2) is 17.7 Å². The van der Waals surface area contributed by atoms with Crippen LogP contribution in [-0.4, -0.2) is 58.9 Å². The first-order chi connectivity index (χ1) is 20.7. The van der Waals surface area contributed by atoms with Gasteiger partial charge in [-0.2, -0.15) is 5.10 Å². The molecule has 0 aliphatic carbocycles. The van der Waals surface area contributed by atoms with Gasteiger partial charge in [0.05, 0.1) is 30.4 Å².